The molecule has 1 heterocycles. The van der Waals surface area contributed by atoms with Crippen molar-refractivity contribution in [1.82, 2.24) is 0 Å². The van der Waals surface area contributed by atoms with E-state index in [-0.39, 0.29) is 11.4 Å². The molecule has 0 unspecified atom stereocenters. The van der Waals surface area contributed by atoms with Gasteiger partial charge in [0.2, 0.25) is 12.1 Å². The lowest BCUT2D eigenvalue weighted by molar-refractivity contribution is -0.127. The Kier molecular flexibility index (Phi) is 6.26. The number of ketones is 1. The van der Waals surface area contributed by atoms with Gasteiger partial charge in [-0.05, 0) is 24.3 Å². The van der Waals surface area contributed by atoms with Crippen LogP contribution in [0, 0.1) is 0 Å². The number of nitrogens with one attached hydrogen (secondary N) is 2. The Morgan fingerprint density at radius 2 is 1.48 bits per heavy atom. The van der Waals surface area contributed by atoms with E-state index < -0.39 is 24.8 Å². The highest BCUT2D eigenvalue weighted by molar-refractivity contribution is 6.68. The first-order valence-corrected chi connectivity index (χ1v) is 8.34. The molecule has 0 spiro atoms. The maximum atomic E-state index is 12.9. The third-order valence-corrected chi connectivity index (χ3v) is 3.82. The van der Waals surface area contributed by atoms with Gasteiger partial charge in [-0.2, -0.15) is 10.2 Å². The van der Waals surface area contributed by atoms with Crippen LogP contribution in [-0.2, 0) is 14.3 Å². The van der Waals surface area contributed by atoms with Gasteiger partial charge in [0.25, 0.3) is 0 Å². The van der Waals surface area contributed by atoms with Crippen molar-refractivity contribution in [3.63, 3.8) is 0 Å². The summed E-state index contributed by atoms with van der Waals surface area (Å²) in [6.45, 7) is -0.416. The Labute approximate surface area is 156 Å². The zero-order valence-electron chi connectivity index (χ0n) is 14.7. The van der Waals surface area contributed by atoms with Crippen LogP contribution in [0.15, 0.2) is 70.9 Å². The number of carbonyl (C=O) groups is 1. The Balaban J connectivity index is 1.85. The summed E-state index contributed by atoms with van der Waals surface area (Å²) in [6.07, 6.45) is -1.93. The van der Waals surface area contributed by atoms with E-state index in [0.717, 1.165) is 0 Å². The van der Waals surface area contributed by atoms with E-state index in [2.05, 4.69) is 21.1 Å². The third kappa shape index (κ3) is 4.56. The van der Waals surface area contributed by atoms with Gasteiger partial charge in [-0.3, -0.25) is 15.6 Å². The second kappa shape index (κ2) is 9.04. The van der Waals surface area contributed by atoms with Crippen LogP contribution in [0.2, 0.25) is 0 Å². The Morgan fingerprint density at radius 1 is 0.963 bits per heavy atom. The van der Waals surface area contributed by atoms with Gasteiger partial charge in [0.15, 0.2) is 5.71 Å². The lowest BCUT2D eigenvalue weighted by Crippen LogP contribution is -2.52. The Hall–Kier alpha value is -3.07. The highest BCUT2D eigenvalue weighted by atomic mass is 16.7. The number of hydrazone groups is 2. The maximum absolute atomic E-state index is 12.9. The van der Waals surface area contributed by atoms with Gasteiger partial charge in [0.05, 0.1) is 18.0 Å². The standard InChI is InChI=1S/C19H20N4O4/c1-26-19-17(23-21-14-10-6-3-7-11-14)18(25)16(15(12-24)27-19)22-20-13-8-4-2-5-9-13/h2-11,15,19-21,24H,12H2,1H3/b22-16+,23-17?/t15-,19+/m1/s1. The molecule has 3 N–H and O–H groups in total. The first-order valence-electron chi connectivity index (χ1n) is 8.34. The number of para-hydroxylation sites is 2. The number of aliphatic hydroxyl groups excluding tert-OH is 1. The van der Waals surface area contributed by atoms with Gasteiger partial charge in [-0.1, -0.05) is 36.4 Å². The Bertz CT molecular complexity index is 757. The first-order chi connectivity index (χ1) is 13.2. The number of anilines is 2. The largest absolute Gasteiger partial charge is 0.393 e. The van der Waals surface area contributed by atoms with Crippen molar-refractivity contribution in [2.24, 2.45) is 10.2 Å². The molecule has 1 aliphatic rings. The molecule has 140 valence electrons. The molecule has 0 saturated carbocycles. The molecule has 0 aliphatic carbocycles. The fourth-order valence-corrected chi connectivity index (χ4v) is 2.46. The highest BCUT2D eigenvalue weighted by Crippen LogP contribution is 2.16. The molecule has 27 heavy (non-hydrogen) atoms. The predicted molar refractivity (Wildman–Crippen MR) is 103 cm³/mol. The summed E-state index contributed by atoms with van der Waals surface area (Å²) in [5, 5.41) is 17.9. The minimum Gasteiger partial charge on any atom is -0.393 e. The van der Waals surface area contributed by atoms with Crippen molar-refractivity contribution < 1.29 is 19.4 Å². The van der Waals surface area contributed by atoms with Gasteiger partial charge in [0, 0.05) is 7.11 Å². The van der Waals surface area contributed by atoms with Crippen LogP contribution in [0.3, 0.4) is 0 Å². The van der Waals surface area contributed by atoms with Crippen molar-refractivity contribution in [1.29, 1.82) is 0 Å². The van der Waals surface area contributed by atoms with Crippen LogP contribution >= 0.6 is 0 Å². The van der Waals surface area contributed by atoms with Crippen LogP contribution in [0.1, 0.15) is 0 Å². The number of Topliss-reactive ketones (excluding diaryl/α,β-unsaturated/α-hetero) is 1. The molecule has 2 atom stereocenters. The van der Waals surface area contributed by atoms with Crippen molar-refractivity contribution >= 4 is 28.6 Å². The monoisotopic (exact) mass is 368 g/mol. The molecule has 0 bridgehead atoms. The molecule has 2 aromatic rings. The first kappa shape index (κ1) is 18.7. The number of aliphatic hydroxyl groups is 1. The number of benzene rings is 2. The van der Waals surface area contributed by atoms with E-state index in [1.807, 2.05) is 48.5 Å². The number of hydrogen-bond acceptors (Lipinski definition) is 8. The number of carbonyl (C=O) groups excluding carboxylic acids is 1. The van der Waals surface area contributed by atoms with E-state index in [4.69, 9.17) is 9.47 Å². The quantitative estimate of drug-likeness (QED) is 0.672. The summed E-state index contributed by atoms with van der Waals surface area (Å²) in [5.74, 6) is -0.473. The molecule has 0 radical (unpaired) electrons. The van der Waals surface area contributed by atoms with E-state index in [9.17, 15) is 9.90 Å². The summed E-state index contributed by atoms with van der Waals surface area (Å²) in [7, 11) is 1.40. The number of hydrogen-bond donors (Lipinski definition) is 3. The molecule has 1 saturated heterocycles. The van der Waals surface area contributed by atoms with Crippen LogP contribution in [0.25, 0.3) is 0 Å². The molecular formula is C19H20N4O4. The second-order valence-electron chi connectivity index (χ2n) is 5.65. The fourth-order valence-electron chi connectivity index (χ4n) is 2.46. The average Bonchev–Trinajstić information content (AvgIpc) is 2.73. The lowest BCUT2D eigenvalue weighted by atomic mass is 10.0. The number of rotatable bonds is 6. The fraction of sp³-hybridized carbons (Fsp3) is 0.211. The van der Waals surface area contributed by atoms with Crippen LogP contribution in [0.5, 0.6) is 0 Å². The van der Waals surface area contributed by atoms with Crippen molar-refractivity contribution in [2.45, 2.75) is 12.4 Å². The number of methoxy groups -OCH3 is 1. The van der Waals surface area contributed by atoms with Gasteiger partial charge < -0.3 is 14.6 Å². The van der Waals surface area contributed by atoms with Gasteiger partial charge in [0.1, 0.15) is 11.8 Å². The highest BCUT2D eigenvalue weighted by Gasteiger charge is 2.40. The normalized spacial score (nSPS) is 22.8. The summed E-state index contributed by atoms with van der Waals surface area (Å²) in [5.41, 5.74) is 7.04. The second-order valence-corrected chi connectivity index (χ2v) is 5.65. The zero-order chi connectivity index (χ0) is 19.1. The van der Waals surface area contributed by atoms with E-state index in [1.54, 1.807) is 12.1 Å². The average molecular weight is 368 g/mol. The zero-order valence-corrected chi connectivity index (χ0v) is 14.7. The summed E-state index contributed by atoms with van der Waals surface area (Å²) in [4.78, 5) is 12.9. The molecule has 8 nitrogen and oxygen atoms in total. The van der Waals surface area contributed by atoms with Crippen LogP contribution in [-0.4, -0.2) is 48.4 Å². The van der Waals surface area contributed by atoms with Crippen LogP contribution in [0.4, 0.5) is 11.4 Å². The number of ether oxygens (including phenoxy) is 2. The van der Waals surface area contributed by atoms with E-state index in [0.29, 0.717) is 11.4 Å². The maximum Gasteiger partial charge on any atom is 0.233 e. The van der Waals surface area contributed by atoms with Gasteiger partial charge in [-0.25, -0.2) is 0 Å². The van der Waals surface area contributed by atoms with Crippen molar-refractivity contribution in [3.8, 4) is 0 Å². The molecule has 0 aromatic heterocycles. The van der Waals surface area contributed by atoms with E-state index in [1.165, 1.54) is 7.11 Å². The molecule has 8 heteroatoms. The molecule has 1 fully saturated rings. The molecule has 2 aromatic carbocycles. The number of nitrogens with zero attached hydrogens (tertiary/aromatic N) is 2. The van der Waals surface area contributed by atoms with Gasteiger partial charge >= 0.3 is 0 Å². The molecule has 1 aliphatic heterocycles. The summed E-state index contributed by atoms with van der Waals surface area (Å²) >= 11 is 0. The van der Waals surface area contributed by atoms with Gasteiger partial charge in [-0.15, -0.1) is 0 Å². The topological polar surface area (TPSA) is 105 Å². The van der Waals surface area contributed by atoms with Crippen molar-refractivity contribution in [3.05, 3.63) is 60.7 Å². The summed E-state index contributed by atoms with van der Waals surface area (Å²) < 4.78 is 10.8. The Morgan fingerprint density at radius 3 is 1.96 bits per heavy atom. The predicted octanol–water partition coefficient (Wildman–Crippen LogP) is 1.86. The minimum absolute atomic E-state index is 0.0136. The molecular weight excluding hydrogens is 348 g/mol. The molecule has 0 amide bonds. The van der Waals surface area contributed by atoms with Crippen molar-refractivity contribution in [2.75, 3.05) is 24.6 Å². The summed E-state index contributed by atoms with van der Waals surface area (Å²) in [6, 6.07) is 18.3. The van der Waals surface area contributed by atoms with Crippen LogP contribution < -0.4 is 10.9 Å². The SMILES string of the molecule is CO[C@H]1O[C@H](CO)/C(=N\Nc2ccccc2)C(=O)C1=NNc1ccccc1. The lowest BCUT2D eigenvalue weighted by Gasteiger charge is -2.29. The third-order valence-electron chi connectivity index (χ3n) is 3.82. The minimum atomic E-state index is -1.01. The van der Waals surface area contributed by atoms with E-state index >= 15 is 0 Å². The molecule has 3 rings (SSSR count). The smallest absolute Gasteiger partial charge is 0.233 e.